The normalized spacial score (nSPS) is 13.5. The van der Waals surface area contributed by atoms with Gasteiger partial charge in [0, 0.05) is 38.7 Å². The van der Waals surface area contributed by atoms with Gasteiger partial charge < -0.3 is 4.90 Å². The summed E-state index contributed by atoms with van der Waals surface area (Å²) in [6.07, 6.45) is 4.00. The van der Waals surface area contributed by atoms with Crippen molar-refractivity contribution in [3.05, 3.63) is 181 Å². The van der Waals surface area contributed by atoms with E-state index in [1.165, 1.54) is 81.1 Å². The van der Waals surface area contributed by atoms with Crippen LogP contribution < -0.4 is 4.90 Å². The first kappa shape index (κ1) is 30.0. The van der Waals surface area contributed by atoms with E-state index in [-0.39, 0.29) is 5.41 Å². The summed E-state index contributed by atoms with van der Waals surface area (Å²) in [4.78, 5) is 9.61. The van der Waals surface area contributed by atoms with Gasteiger partial charge in [-0.25, -0.2) is 0 Å². The van der Waals surface area contributed by atoms with Crippen LogP contribution in [0.4, 0.5) is 17.1 Å². The summed E-state index contributed by atoms with van der Waals surface area (Å²) in [5.74, 6) is 0. The molecule has 1 aliphatic heterocycles. The Labute approximate surface area is 302 Å². The number of rotatable bonds is 4. The number of pyridine rings is 1. The molecular formula is C48H34N2S. The monoisotopic (exact) mass is 670 g/mol. The number of fused-ring (bicyclic) bond motifs is 7. The predicted octanol–water partition coefficient (Wildman–Crippen LogP) is 13.6. The molecule has 3 heteroatoms. The molecule has 0 unspecified atom stereocenters. The van der Waals surface area contributed by atoms with Gasteiger partial charge >= 0.3 is 0 Å². The molecule has 1 aromatic heterocycles. The Kier molecular flexibility index (Phi) is 6.81. The Bertz CT molecular complexity index is 2760. The second-order valence-electron chi connectivity index (χ2n) is 14.0. The van der Waals surface area contributed by atoms with Gasteiger partial charge in [-0.3, -0.25) is 4.98 Å². The number of nitrogens with zero attached hydrogens (tertiary/aromatic N) is 2. The van der Waals surface area contributed by atoms with Gasteiger partial charge in [-0.15, -0.1) is 0 Å². The lowest BCUT2D eigenvalue weighted by molar-refractivity contribution is 0.631. The van der Waals surface area contributed by atoms with Gasteiger partial charge in [0.05, 0.1) is 11.4 Å². The van der Waals surface area contributed by atoms with Crippen LogP contribution in [-0.4, -0.2) is 4.98 Å². The molecule has 0 atom stereocenters. The van der Waals surface area contributed by atoms with Crippen molar-refractivity contribution in [2.75, 3.05) is 4.90 Å². The Hall–Kier alpha value is -5.90. The molecular weight excluding hydrogens is 637 g/mol. The molecule has 8 aromatic carbocycles. The van der Waals surface area contributed by atoms with Crippen LogP contribution in [0, 0.1) is 0 Å². The Morgan fingerprint density at radius 2 is 1.16 bits per heavy atom. The molecule has 0 saturated carbocycles. The van der Waals surface area contributed by atoms with Crippen molar-refractivity contribution < 1.29 is 0 Å². The zero-order valence-corrected chi connectivity index (χ0v) is 29.3. The minimum atomic E-state index is -0.143. The largest absolute Gasteiger partial charge is 0.310 e. The molecule has 51 heavy (non-hydrogen) atoms. The van der Waals surface area contributed by atoms with Gasteiger partial charge in [-0.1, -0.05) is 141 Å². The van der Waals surface area contributed by atoms with Crippen molar-refractivity contribution in [3.63, 3.8) is 0 Å². The van der Waals surface area contributed by atoms with Crippen molar-refractivity contribution >= 4 is 71.9 Å². The van der Waals surface area contributed by atoms with E-state index in [1.807, 2.05) is 18.0 Å². The van der Waals surface area contributed by atoms with E-state index in [9.17, 15) is 0 Å². The van der Waals surface area contributed by atoms with Crippen LogP contribution in [0.15, 0.2) is 180 Å². The van der Waals surface area contributed by atoms with Crippen molar-refractivity contribution in [2.24, 2.45) is 0 Å². The van der Waals surface area contributed by atoms with Crippen LogP contribution in [0.2, 0.25) is 0 Å². The fourth-order valence-corrected chi connectivity index (χ4v) is 9.49. The third-order valence-electron chi connectivity index (χ3n) is 10.7. The fraction of sp³-hybridized carbons (Fsp3) is 0.0625. The lowest BCUT2D eigenvalue weighted by Crippen LogP contribution is -2.30. The highest BCUT2D eigenvalue weighted by molar-refractivity contribution is 7.99. The molecule has 2 heterocycles. The van der Waals surface area contributed by atoms with Crippen molar-refractivity contribution in [1.29, 1.82) is 0 Å². The quantitative estimate of drug-likeness (QED) is 0.137. The Morgan fingerprint density at radius 3 is 2.00 bits per heavy atom. The maximum absolute atomic E-state index is 4.72. The number of benzene rings is 8. The lowest BCUT2D eigenvalue weighted by atomic mass is 9.73. The Morgan fingerprint density at radius 1 is 0.510 bits per heavy atom. The molecule has 0 radical (unpaired) electrons. The summed E-state index contributed by atoms with van der Waals surface area (Å²) >= 11 is 1.85. The van der Waals surface area contributed by atoms with Crippen molar-refractivity contribution in [3.8, 4) is 11.1 Å². The molecule has 0 aliphatic carbocycles. The van der Waals surface area contributed by atoms with E-state index < -0.39 is 0 Å². The lowest BCUT2D eigenvalue weighted by Gasteiger charge is -2.42. The highest BCUT2D eigenvalue weighted by Crippen LogP contribution is 2.54. The maximum Gasteiger partial charge on any atom is 0.0513 e. The number of hydrogen-bond donors (Lipinski definition) is 0. The summed E-state index contributed by atoms with van der Waals surface area (Å²) in [6, 6.07) is 57.7. The van der Waals surface area contributed by atoms with E-state index >= 15 is 0 Å². The fourth-order valence-electron chi connectivity index (χ4n) is 8.38. The molecule has 9 aromatic rings. The number of aromatic nitrogens is 1. The smallest absolute Gasteiger partial charge is 0.0513 e. The molecule has 0 N–H and O–H groups in total. The first-order valence-corrected chi connectivity index (χ1v) is 18.4. The average molecular weight is 671 g/mol. The molecule has 0 fully saturated rings. The van der Waals surface area contributed by atoms with Gasteiger partial charge in [0.1, 0.15) is 0 Å². The number of hydrogen-bond acceptors (Lipinski definition) is 3. The minimum Gasteiger partial charge on any atom is -0.310 e. The zero-order chi connectivity index (χ0) is 34.1. The summed E-state index contributed by atoms with van der Waals surface area (Å²) < 4.78 is 0. The number of anilines is 3. The average Bonchev–Trinajstić information content (AvgIpc) is 3.18. The van der Waals surface area contributed by atoms with Gasteiger partial charge in [0.2, 0.25) is 0 Å². The van der Waals surface area contributed by atoms with E-state index in [4.69, 9.17) is 4.98 Å². The maximum atomic E-state index is 4.72. The van der Waals surface area contributed by atoms with Crippen LogP contribution in [0.5, 0.6) is 0 Å². The van der Waals surface area contributed by atoms with Crippen LogP contribution >= 0.6 is 11.8 Å². The van der Waals surface area contributed by atoms with E-state index in [0.717, 1.165) is 11.1 Å². The van der Waals surface area contributed by atoms with Crippen molar-refractivity contribution in [1.82, 2.24) is 4.98 Å². The summed E-state index contributed by atoms with van der Waals surface area (Å²) in [5, 5.41) is 9.90. The number of para-hydroxylation sites is 2. The first-order valence-electron chi connectivity index (χ1n) is 17.5. The molecule has 242 valence electrons. The second-order valence-corrected chi connectivity index (χ2v) is 15.0. The van der Waals surface area contributed by atoms with Gasteiger partial charge in [0.15, 0.2) is 0 Å². The molecule has 2 nitrogen and oxygen atoms in total. The topological polar surface area (TPSA) is 16.1 Å². The summed E-state index contributed by atoms with van der Waals surface area (Å²) in [5.41, 5.74) is 8.62. The van der Waals surface area contributed by atoms with Gasteiger partial charge in [-0.2, -0.15) is 0 Å². The molecule has 1 aliphatic rings. The molecule has 0 spiro atoms. The third-order valence-corrected chi connectivity index (χ3v) is 11.9. The van der Waals surface area contributed by atoms with Crippen LogP contribution in [0.1, 0.15) is 25.0 Å². The van der Waals surface area contributed by atoms with Crippen LogP contribution in [0.3, 0.4) is 0 Å². The molecule has 10 rings (SSSR count). The van der Waals surface area contributed by atoms with E-state index in [0.29, 0.717) is 0 Å². The second kappa shape index (κ2) is 11.6. The van der Waals surface area contributed by atoms with E-state index in [1.54, 1.807) is 0 Å². The summed E-state index contributed by atoms with van der Waals surface area (Å²) in [6.45, 7) is 4.70. The standard InChI is InChI=1S/C48H34N2S/c1-48(2)42-22-12-13-23-44(42)50(32-15-4-3-5-16-32)45-29-33(24-25-43(45)48)51-47-38-21-11-10-20-37(38)46(41-30-49-27-26-39(41)47)40-28-31-14-6-7-17-34(31)35-18-8-9-19-36(35)40/h3-30H,1-2H3. The summed E-state index contributed by atoms with van der Waals surface area (Å²) in [7, 11) is 0. The first-order chi connectivity index (χ1) is 25.1. The van der Waals surface area contributed by atoms with Crippen molar-refractivity contribution in [2.45, 2.75) is 29.1 Å². The highest BCUT2D eigenvalue weighted by atomic mass is 32.2. The van der Waals surface area contributed by atoms with Gasteiger partial charge in [0.25, 0.3) is 0 Å². The van der Waals surface area contributed by atoms with Gasteiger partial charge in [-0.05, 0) is 102 Å². The molecule has 0 amide bonds. The highest BCUT2D eigenvalue weighted by Gasteiger charge is 2.37. The van der Waals surface area contributed by atoms with E-state index in [2.05, 4.69) is 183 Å². The molecule has 0 saturated heterocycles. The van der Waals surface area contributed by atoms with Crippen LogP contribution in [0.25, 0.3) is 54.2 Å². The predicted molar refractivity (Wildman–Crippen MR) is 217 cm³/mol. The van der Waals surface area contributed by atoms with Crippen LogP contribution in [-0.2, 0) is 5.41 Å². The third kappa shape index (κ3) is 4.62. The Balaban J connectivity index is 1.20. The zero-order valence-electron chi connectivity index (χ0n) is 28.5. The molecule has 0 bridgehead atoms. The SMILES string of the molecule is CC1(C)c2ccccc2N(c2ccccc2)c2cc(Sc3c4ccccc4c(-c4cc5ccccc5c5ccccc45)c4cnccc34)ccc21. The minimum absolute atomic E-state index is 0.143.